The molecule has 0 saturated heterocycles. The average Bonchev–Trinajstić information content (AvgIpc) is 2.23. The van der Waals surface area contributed by atoms with Crippen molar-refractivity contribution in [2.24, 2.45) is 11.8 Å². The van der Waals surface area contributed by atoms with Crippen LogP contribution in [0.3, 0.4) is 0 Å². The topological polar surface area (TPSA) is 0 Å². The third kappa shape index (κ3) is 10.8. The molecular formula is C14H30Al+. The van der Waals surface area contributed by atoms with Crippen LogP contribution in [0.5, 0.6) is 0 Å². The summed E-state index contributed by atoms with van der Waals surface area (Å²) < 4.78 is 0. The van der Waals surface area contributed by atoms with Gasteiger partial charge in [0.2, 0.25) is 0 Å². The molecule has 0 aromatic rings. The van der Waals surface area contributed by atoms with Crippen LogP contribution in [0, 0.1) is 11.8 Å². The van der Waals surface area contributed by atoms with Gasteiger partial charge in [0.15, 0.2) is 0 Å². The fourth-order valence-corrected chi connectivity index (χ4v) is 3.81. The van der Waals surface area contributed by atoms with Crippen LogP contribution in [-0.2, 0) is 0 Å². The van der Waals surface area contributed by atoms with Crippen LogP contribution in [0.1, 0.15) is 66.2 Å². The molecule has 0 aliphatic carbocycles. The van der Waals surface area contributed by atoms with Crippen molar-refractivity contribution in [3.8, 4) is 0 Å². The first kappa shape index (κ1) is 15.5. The average molecular weight is 225 g/mol. The van der Waals surface area contributed by atoms with E-state index in [1.807, 2.05) is 0 Å². The summed E-state index contributed by atoms with van der Waals surface area (Å²) in [6.45, 7) is 9.48. The normalized spacial score (nSPS) is 14.7. The summed E-state index contributed by atoms with van der Waals surface area (Å²) in [6.07, 6.45) is 8.54. The van der Waals surface area contributed by atoms with Crippen LogP contribution in [0.15, 0.2) is 0 Å². The summed E-state index contributed by atoms with van der Waals surface area (Å²) in [7, 11) is 0. The Kier molecular flexibility index (Phi) is 11.4. The molecule has 15 heavy (non-hydrogen) atoms. The molecule has 0 fully saturated rings. The van der Waals surface area contributed by atoms with Crippen molar-refractivity contribution in [1.82, 2.24) is 0 Å². The van der Waals surface area contributed by atoms with Crippen molar-refractivity contribution in [1.29, 1.82) is 0 Å². The van der Waals surface area contributed by atoms with Crippen molar-refractivity contribution in [3.05, 3.63) is 0 Å². The monoisotopic (exact) mass is 225 g/mol. The molecule has 0 spiro atoms. The number of rotatable bonds is 10. The molecule has 88 valence electrons. The summed E-state index contributed by atoms with van der Waals surface area (Å²) in [4.78, 5) is 0. The molecule has 0 radical (unpaired) electrons. The van der Waals surface area contributed by atoms with Crippen molar-refractivity contribution in [3.63, 3.8) is 0 Å². The van der Waals surface area contributed by atoms with Gasteiger partial charge in [-0.3, -0.25) is 0 Å². The van der Waals surface area contributed by atoms with E-state index in [0.29, 0.717) is 0 Å². The van der Waals surface area contributed by atoms with Crippen LogP contribution in [0.2, 0.25) is 10.6 Å². The Hall–Kier alpha value is 0.532. The van der Waals surface area contributed by atoms with Crippen LogP contribution >= 0.6 is 0 Å². The summed E-state index contributed by atoms with van der Waals surface area (Å²) in [5, 5.41) is 3.08. The van der Waals surface area contributed by atoms with Gasteiger partial charge < -0.3 is 0 Å². The fraction of sp³-hybridized carbons (Fsp3) is 1.00. The van der Waals surface area contributed by atoms with Crippen molar-refractivity contribution < 1.29 is 0 Å². The molecule has 0 aliphatic heterocycles. The molecule has 0 nitrogen and oxygen atoms in total. The molecule has 2 atom stereocenters. The van der Waals surface area contributed by atoms with Crippen molar-refractivity contribution >= 4 is 15.2 Å². The molecule has 2 unspecified atom stereocenters. The van der Waals surface area contributed by atoms with Gasteiger partial charge in [0.1, 0.15) is 0 Å². The zero-order chi connectivity index (χ0) is 11.5. The van der Waals surface area contributed by atoms with Gasteiger partial charge in [-0.05, 0) is 0 Å². The van der Waals surface area contributed by atoms with Gasteiger partial charge in [-0.1, -0.05) is 0 Å². The molecule has 1 heteroatoms. The first-order valence-corrected chi connectivity index (χ1v) is 8.65. The van der Waals surface area contributed by atoms with E-state index in [4.69, 9.17) is 0 Å². The third-order valence-electron chi connectivity index (χ3n) is 3.24. The van der Waals surface area contributed by atoms with Crippen LogP contribution < -0.4 is 0 Å². The zero-order valence-electron chi connectivity index (χ0n) is 11.4. The molecule has 0 aromatic carbocycles. The summed E-state index contributed by atoms with van der Waals surface area (Å²) in [6, 6.07) is 0. The predicted molar refractivity (Wildman–Crippen MR) is 72.7 cm³/mol. The summed E-state index contributed by atoms with van der Waals surface area (Å²) in [5.74, 6) is 2.00. The Morgan fingerprint density at radius 2 is 1.20 bits per heavy atom. The number of hydrogen-bond donors (Lipinski definition) is 0. The van der Waals surface area contributed by atoms with E-state index in [1.54, 1.807) is 0 Å². The Bertz CT molecular complexity index is 109. The van der Waals surface area contributed by atoms with E-state index < -0.39 is 0 Å². The molecule has 0 saturated carbocycles. The minimum absolute atomic E-state index is 0.738. The molecule has 0 aromatic heterocycles. The SMILES string of the molecule is CCCCC(C)[CH2][Al+][CH2]C(C)CCCC. The van der Waals surface area contributed by atoms with Gasteiger partial charge in [0, 0.05) is 0 Å². The third-order valence-corrected chi connectivity index (χ3v) is 5.52. The van der Waals surface area contributed by atoms with Crippen molar-refractivity contribution in [2.75, 3.05) is 0 Å². The van der Waals surface area contributed by atoms with Crippen molar-refractivity contribution in [2.45, 2.75) is 76.8 Å². The summed E-state index contributed by atoms with van der Waals surface area (Å²) >= 11 is 0.738. The van der Waals surface area contributed by atoms with Gasteiger partial charge in [0.05, 0.1) is 0 Å². The van der Waals surface area contributed by atoms with Gasteiger partial charge in [-0.25, -0.2) is 0 Å². The van der Waals surface area contributed by atoms with E-state index in [-0.39, 0.29) is 0 Å². The molecule has 0 rings (SSSR count). The molecule has 0 aliphatic rings. The number of unbranched alkanes of at least 4 members (excludes halogenated alkanes) is 2. The molecular weight excluding hydrogens is 195 g/mol. The van der Waals surface area contributed by atoms with Gasteiger partial charge in [0.25, 0.3) is 0 Å². The van der Waals surface area contributed by atoms with Crippen LogP contribution in [-0.4, -0.2) is 15.2 Å². The quantitative estimate of drug-likeness (QED) is 0.449. The van der Waals surface area contributed by atoms with E-state index in [2.05, 4.69) is 27.7 Å². The second-order valence-electron chi connectivity index (χ2n) is 5.25. The Labute approximate surface area is 104 Å². The van der Waals surface area contributed by atoms with Crippen LogP contribution in [0.25, 0.3) is 0 Å². The van der Waals surface area contributed by atoms with Crippen LogP contribution in [0.4, 0.5) is 0 Å². The molecule has 0 N–H and O–H groups in total. The maximum absolute atomic E-state index is 2.44. The second-order valence-corrected chi connectivity index (χ2v) is 6.78. The standard InChI is InChI=1S/2C7H15.Al/c2*1-4-5-6-7(2)3;/h2*7H,2,4-6H2,1,3H3;/q;;+1. The van der Waals surface area contributed by atoms with Gasteiger partial charge >= 0.3 is 104 Å². The van der Waals surface area contributed by atoms with E-state index in [1.165, 1.54) is 49.1 Å². The molecule has 0 bridgehead atoms. The first-order chi connectivity index (χ1) is 7.20. The molecule has 0 heterocycles. The Morgan fingerprint density at radius 3 is 1.53 bits per heavy atom. The predicted octanol–water partition coefficient (Wildman–Crippen LogP) is 5.18. The number of hydrogen-bond acceptors (Lipinski definition) is 0. The minimum atomic E-state index is 0.738. The first-order valence-electron chi connectivity index (χ1n) is 7.02. The fourth-order valence-electron chi connectivity index (χ4n) is 2.01. The zero-order valence-corrected chi connectivity index (χ0v) is 12.5. The Balaban J connectivity index is 3.27. The molecule has 0 amide bonds. The second kappa shape index (κ2) is 11.0. The summed E-state index contributed by atoms with van der Waals surface area (Å²) in [5.41, 5.74) is 0. The maximum atomic E-state index is 2.44. The van der Waals surface area contributed by atoms with E-state index in [0.717, 1.165) is 27.1 Å². The van der Waals surface area contributed by atoms with E-state index in [9.17, 15) is 0 Å². The van der Waals surface area contributed by atoms with Gasteiger partial charge in [-0.2, -0.15) is 0 Å². The Morgan fingerprint density at radius 1 is 0.800 bits per heavy atom. The van der Waals surface area contributed by atoms with Gasteiger partial charge in [-0.15, -0.1) is 0 Å². The van der Waals surface area contributed by atoms with E-state index >= 15 is 0 Å².